The summed E-state index contributed by atoms with van der Waals surface area (Å²) in [6, 6.07) is 9.02. The molecule has 5 heteroatoms. The van der Waals surface area contributed by atoms with E-state index in [1.807, 2.05) is 30.3 Å². The maximum atomic E-state index is 12.0. The normalized spacial score (nSPS) is 21.3. The summed E-state index contributed by atoms with van der Waals surface area (Å²) in [4.78, 5) is 12.0. The largest absolute Gasteiger partial charge is 0.394 e. The highest BCUT2D eigenvalue weighted by Gasteiger charge is 2.24. The molecule has 5 nitrogen and oxygen atoms in total. The summed E-state index contributed by atoms with van der Waals surface area (Å²) in [6.45, 7) is 1.69. The van der Waals surface area contributed by atoms with Gasteiger partial charge in [0.1, 0.15) is 6.10 Å². The monoisotopic (exact) mass is 250 g/mol. The van der Waals surface area contributed by atoms with Crippen LogP contribution in [0.1, 0.15) is 11.6 Å². The molecule has 0 radical (unpaired) electrons. The topological polar surface area (TPSA) is 70.6 Å². The Morgan fingerprint density at radius 2 is 2.28 bits per heavy atom. The third kappa shape index (κ3) is 3.29. The van der Waals surface area contributed by atoms with Gasteiger partial charge in [-0.1, -0.05) is 30.3 Å². The number of hydrogen-bond acceptors (Lipinski definition) is 4. The smallest absolute Gasteiger partial charge is 0.251 e. The van der Waals surface area contributed by atoms with Gasteiger partial charge in [0.05, 0.1) is 19.3 Å². The molecule has 1 saturated heterocycles. The minimum absolute atomic E-state index is 0.129. The number of aliphatic hydroxyl groups excluding tert-OH is 1. The number of carbonyl (C=O) groups excluding carboxylic acids is 1. The van der Waals surface area contributed by atoms with Crippen molar-refractivity contribution in [1.82, 2.24) is 10.6 Å². The average molecular weight is 250 g/mol. The van der Waals surface area contributed by atoms with Crippen LogP contribution in [-0.2, 0) is 9.53 Å². The summed E-state index contributed by atoms with van der Waals surface area (Å²) in [5.41, 5.74) is 0.886. The predicted octanol–water partition coefficient (Wildman–Crippen LogP) is -0.175. The molecule has 18 heavy (non-hydrogen) atoms. The van der Waals surface area contributed by atoms with Crippen molar-refractivity contribution >= 4 is 5.91 Å². The molecule has 1 heterocycles. The number of nitrogens with one attached hydrogen (secondary N) is 2. The Bertz CT molecular complexity index is 377. The van der Waals surface area contributed by atoms with Gasteiger partial charge in [-0.25, -0.2) is 0 Å². The van der Waals surface area contributed by atoms with Gasteiger partial charge in [0, 0.05) is 13.1 Å². The molecule has 98 valence electrons. The maximum absolute atomic E-state index is 12.0. The van der Waals surface area contributed by atoms with Crippen LogP contribution in [0.25, 0.3) is 0 Å². The summed E-state index contributed by atoms with van der Waals surface area (Å²) in [6.07, 6.45) is -0.475. The van der Waals surface area contributed by atoms with Crippen molar-refractivity contribution in [3.05, 3.63) is 35.9 Å². The summed E-state index contributed by atoms with van der Waals surface area (Å²) in [5.74, 6) is -0.190. The van der Waals surface area contributed by atoms with Gasteiger partial charge in [-0.3, -0.25) is 4.79 Å². The Morgan fingerprint density at radius 1 is 1.50 bits per heavy atom. The highest BCUT2D eigenvalue weighted by molar-refractivity contribution is 5.81. The molecular weight excluding hydrogens is 232 g/mol. The van der Waals surface area contributed by atoms with E-state index in [4.69, 9.17) is 4.74 Å². The zero-order valence-electron chi connectivity index (χ0n) is 10.1. The van der Waals surface area contributed by atoms with E-state index < -0.39 is 6.10 Å². The fourth-order valence-electron chi connectivity index (χ4n) is 1.92. The SMILES string of the molecule is O=C(N[C@@H](CO)c1ccccc1)C1CNCCO1. The number of benzene rings is 1. The van der Waals surface area contributed by atoms with E-state index in [2.05, 4.69) is 10.6 Å². The van der Waals surface area contributed by atoms with E-state index >= 15 is 0 Å². The molecule has 1 aliphatic rings. The number of amides is 1. The molecule has 2 atom stereocenters. The zero-order chi connectivity index (χ0) is 12.8. The number of aliphatic hydroxyl groups is 1. The van der Waals surface area contributed by atoms with Crippen LogP contribution >= 0.6 is 0 Å². The van der Waals surface area contributed by atoms with Gasteiger partial charge in [0.25, 0.3) is 5.91 Å². The molecule has 0 spiro atoms. The molecule has 1 aliphatic heterocycles. The first-order valence-electron chi connectivity index (χ1n) is 6.10. The van der Waals surface area contributed by atoms with Crippen LogP contribution in [0.2, 0.25) is 0 Å². The second-order valence-electron chi connectivity index (χ2n) is 4.22. The van der Waals surface area contributed by atoms with Gasteiger partial charge in [-0.05, 0) is 5.56 Å². The molecule has 2 rings (SSSR count). The predicted molar refractivity (Wildman–Crippen MR) is 67.0 cm³/mol. The molecule has 1 unspecified atom stereocenters. The van der Waals surface area contributed by atoms with Crippen LogP contribution in [0.5, 0.6) is 0 Å². The van der Waals surface area contributed by atoms with Crippen LogP contribution in [0.4, 0.5) is 0 Å². The van der Waals surface area contributed by atoms with Crippen LogP contribution in [-0.4, -0.2) is 43.4 Å². The molecule has 0 aliphatic carbocycles. The molecule has 1 aromatic carbocycles. The van der Waals surface area contributed by atoms with E-state index in [0.717, 1.165) is 12.1 Å². The summed E-state index contributed by atoms with van der Waals surface area (Å²) >= 11 is 0. The van der Waals surface area contributed by atoms with Crippen molar-refractivity contribution < 1.29 is 14.6 Å². The Kier molecular flexibility index (Phi) is 4.69. The van der Waals surface area contributed by atoms with Crippen LogP contribution in [0, 0.1) is 0 Å². The molecule has 1 amide bonds. The van der Waals surface area contributed by atoms with Gasteiger partial charge in [-0.15, -0.1) is 0 Å². The van der Waals surface area contributed by atoms with Crippen LogP contribution < -0.4 is 10.6 Å². The number of ether oxygens (including phenoxy) is 1. The van der Waals surface area contributed by atoms with E-state index in [0.29, 0.717) is 13.2 Å². The van der Waals surface area contributed by atoms with Gasteiger partial charge in [-0.2, -0.15) is 0 Å². The highest BCUT2D eigenvalue weighted by atomic mass is 16.5. The minimum atomic E-state index is -0.475. The third-order valence-corrected chi connectivity index (χ3v) is 2.92. The Labute approximate surface area is 106 Å². The van der Waals surface area contributed by atoms with E-state index in [9.17, 15) is 9.90 Å². The number of rotatable bonds is 4. The molecular formula is C13H18N2O3. The van der Waals surface area contributed by atoms with Crippen LogP contribution in [0.15, 0.2) is 30.3 Å². The minimum Gasteiger partial charge on any atom is -0.394 e. The molecule has 1 aromatic rings. The molecule has 0 saturated carbocycles. The van der Waals surface area contributed by atoms with Crippen molar-refractivity contribution in [3.63, 3.8) is 0 Å². The number of morpholine rings is 1. The van der Waals surface area contributed by atoms with Crippen molar-refractivity contribution in [2.45, 2.75) is 12.1 Å². The average Bonchev–Trinajstić information content (AvgIpc) is 2.46. The van der Waals surface area contributed by atoms with Crippen molar-refractivity contribution in [2.75, 3.05) is 26.3 Å². The molecule has 3 N–H and O–H groups in total. The lowest BCUT2D eigenvalue weighted by Gasteiger charge is -2.25. The van der Waals surface area contributed by atoms with Crippen molar-refractivity contribution in [3.8, 4) is 0 Å². The lowest BCUT2D eigenvalue weighted by atomic mass is 10.1. The number of hydrogen-bond donors (Lipinski definition) is 3. The van der Waals surface area contributed by atoms with Gasteiger partial charge in [0.2, 0.25) is 0 Å². The highest BCUT2D eigenvalue weighted by Crippen LogP contribution is 2.12. The summed E-state index contributed by atoms with van der Waals surface area (Å²) in [7, 11) is 0. The van der Waals surface area contributed by atoms with Gasteiger partial charge >= 0.3 is 0 Å². The first kappa shape index (κ1) is 13.0. The van der Waals surface area contributed by atoms with Gasteiger partial charge < -0.3 is 20.5 Å². The van der Waals surface area contributed by atoms with Crippen molar-refractivity contribution in [1.29, 1.82) is 0 Å². The van der Waals surface area contributed by atoms with Crippen molar-refractivity contribution in [2.24, 2.45) is 0 Å². The van der Waals surface area contributed by atoms with E-state index in [1.54, 1.807) is 0 Å². The lowest BCUT2D eigenvalue weighted by Crippen LogP contribution is -2.49. The summed E-state index contributed by atoms with van der Waals surface area (Å²) < 4.78 is 5.36. The fraction of sp³-hybridized carbons (Fsp3) is 0.462. The number of carbonyl (C=O) groups is 1. The van der Waals surface area contributed by atoms with Crippen LogP contribution in [0.3, 0.4) is 0 Å². The van der Waals surface area contributed by atoms with Gasteiger partial charge in [0.15, 0.2) is 0 Å². The Hall–Kier alpha value is -1.43. The van der Waals surface area contributed by atoms with E-state index in [1.165, 1.54) is 0 Å². The van der Waals surface area contributed by atoms with E-state index in [-0.39, 0.29) is 18.6 Å². The Morgan fingerprint density at radius 3 is 2.89 bits per heavy atom. The Balaban J connectivity index is 1.95. The first-order chi connectivity index (χ1) is 8.81. The quantitative estimate of drug-likeness (QED) is 0.693. The molecule has 0 aromatic heterocycles. The molecule has 1 fully saturated rings. The third-order valence-electron chi connectivity index (χ3n) is 2.92. The first-order valence-corrected chi connectivity index (χ1v) is 6.10. The second kappa shape index (κ2) is 6.49. The standard InChI is InChI=1S/C13H18N2O3/c16-9-11(10-4-2-1-3-5-10)15-13(17)12-8-14-6-7-18-12/h1-5,11-12,14,16H,6-9H2,(H,15,17)/t11-,12?/m0/s1. The maximum Gasteiger partial charge on any atom is 0.251 e. The summed E-state index contributed by atoms with van der Waals surface area (Å²) in [5, 5.41) is 15.3. The second-order valence-corrected chi connectivity index (χ2v) is 4.22. The fourth-order valence-corrected chi connectivity index (χ4v) is 1.92. The zero-order valence-corrected chi connectivity index (χ0v) is 10.1. The molecule has 0 bridgehead atoms. The lowest BCUT2D eigenvalue weighted by molar-refractivity contribution is -0.135.